The van der Waals surface area contributed by atoms with Crippen molar-refractivity contribution in [2.75, 3.05) is 0 Å². The molecule has 204 valence electrons. The molecule has 0 N–H and O–H groups in total. The molecular weight excluding hydrogens is 540 g/mol. The summed E-state index contributed by atoms with van der Waals surface area (Å²) in [5.74, 6) is 2.93. The average Bonchev–Trinajstić information content (AvgIpc) is 3.74. The molecule has 17 rings (SSSR count). The Morgan fingerprint density at radius 3 is 2.29 bits per heavy atom. The van der Waals surface area contributed by atoms with Gasteiger partial charge < -0.3 is 0 Å². The minimum absolute atomic E-state index is 0.511. The van der Waals surface area contributed by atoms with Crippen molar-refractivity contribution in [2.45, 2.75) is 50.4 Å². The van der Waals surface area contributed by atoms with Crippen LogP contribution in [0, 0.1) is 17.8 Å². The number of aryl methyl sites for hydroxylation is 1. The molecule has 9 aliphatic rings. The molecule has 0 nitrogen and oxygen atoms in total. The summed E-state index contributed by atoms with van der Waals surface area (Å²) < 4.78 is 0. The number of hydrogen-bond acceptors (Lipinski definition) is 0. The quantitative estimate of drug-likeness (QED) is 0.128. The first kappa shape index (κ1) is 19.9. The van der Waals surface area contributed by atoms with Gasteiger partial charge in [0.2, 0.25) is 0 Å². The van der Waals surface area contributed by atoms with Crippen molar-refractivity contribution in [3.8, 4) is 0 Å². The predicted octanol–water partition coefficient (Wildman–Crippen LogP) is 8.40. The van der Waals surface area contributed by atoms with E-state index in [9.17, 15) is 0 Å². The van der Waals surface area contributed by atoms with Crippen molar-refractivity contribution < 1.29 is 0 Å². The maximum Gasteiger partial charge on any atom is 0.0180 e. The Kier molecular flexibility index (Phi) is 2.38. The monoisotopic (exact) mass is 564 g/mol. The van der Waals surface area contributed by atoms with Crippen LogP contribution in [0.2, 0.25) is 0 Å². The number of benzene rings is 6. The fraction of sp³-hybridized carbons (Fsp3) is 0.244. The molecule has 8 aromatic rings. The van der Waals surface area contributed by atoms with Crippen LogP contribution >= 0.6 is 0 Å². The van der Waals surface area contributed by atoms with Crippen molar-refractivity contribution in [1.82, 2.24) is 0 Å². The van der Waals surface area contributed by atoms with Crippen molar-refractivity contribution in [1.29, 1.82) is 0 Å². The zero-order valence-electron chi connectivity index (χ0n) is 24.7. The van der Waals surface area contributed by atoms with Crippen LogP contribution < -0.4 is 15.7 Å². The fourth-order valence-electron chi connectivity index (χ4n) is 14.6. The SMILES string of the molecule is C1=C2Cc3cc4c5c6c7c8c9c%10c%11c(cc%12cc%13c%14c%15c%12c%11c8c%15c8c(c2c3c5c87)C%14C1CC=%13)CCC%10=CC1CCC(C=4)C=6C91. The second-order valence-electron chi connectivity index (χ2n) is 16.7. The second-order valence-corrected chi connectivity index (χ2v) is 16.7. The maximum atomic E-state index is 2.81. The summed E-state index contributed by atoms with van der Waals surface area (Å²) in [5.41, 5.74) is 17.1. The van der Waals surface area contributed by atoms with Gasteiger partial charge in [-0.2, -0.15) is 0 Å². The van der Waals surface area contributed by atoms with Crippen LogP contribution in [0.5, 0.6) is 0 Å². The molecule has 45 heavy (non-hydrogen) atoms. The Bertz CT molecular complexity index is 3320. The van der Waals surface area contributed by atoms with Crippen LogP contribution in [0.4, 0.5) is 0 Å². The molecule has 0 saturated heterocycles. The maximum absolute atomic E-state index is 2.81. The topological polar surface area (TPSA) is 0 Å². The molecule has 0 spiro atoms. The fourth-order valence-corrected chi connectivity index (χ4v) is 14.6. The zero-order chi connectivity index (χ0) is 27.7. The van der Waals surface area contributed by atoms with E-state index in [0.29, 0.717) is 29.6 Å². The Labute approximate surface area is 256 Å². The molecule has 5 atom stereocenters. The Morgan fingerprint density at radius 2 is 1.29 bits per heavy atom. The van der Waals surface area contributed by atoms with Gasteiger partial charge in [0.15, 0.2) is 0 Å². The first-order valence-corrected chi connectivity index (χ1v) is 17.8. The van der Waals surface area contributed by atoms with E-state index in [4.69, 9.17) is 0 Å². The highest BCUT2D eigenvalue weighted by Gasteiger charge is 2.50. The highest BCUT2D eigenvalue weighted by atomic mass is 14.5. The van der Waals surface area contributed by atoms with Crippen LogP contribution in [-0.4, -0.2) is 0 Å². The normalized spacial score (nSPS) is 29.2. The summed E-state index contributed by atoms with van der Waals surface area (Å²) in [4.78, 5) is 0. The van der Waals surface area contributed by atoms with E-state index >= 15 is 0 Å². The van der Waals surface area contributed by atoms with E-state index in [1.165, 1.54) is 37.5 Å². The Morgan fingerprint density at radius 1 is 0.511 bits per heavy atom. The van der Waals surface area contributed by atoms with Gasteiger partial charge in [-0.25, -0.2) is 0 Å². The first-order valence-electron chi connectivity index (χ1n) is 17.8. The van der Waals surface area contributed by atoms with E-state index in [0.717, 1.165) is 6.42 Å². The first-order chi connectivity index (χ1) is 22.3. The molecule has 0 radical (unpaired) electrons. The van der Waals surface area contributed by atoms with Gasteiger partial charge in [-0.3, -0.25) is 0 Å². The highest BCUT2D eigenvalue weighted by molar-refractivity contribution is 6.52. The van der Waals surface area contributed by atoms with Gasteiger partial charge in [0, 0.05) is 17.8 Å². The van der Waals surface area contributed by atoms with Crippen LogP contribution in [-0.2, 0) is 12.8 Å². The van der Waals surface area contributed by atoms with E-state index in [1.807, 2.05) is 5.57 Å². The third-order valence-corrected chi connectivity index (χ3v) is 15.5. The van der Waals surface area contributed by atoms with E-state index < -0.39 is 0 Å². The lowest BCUT2D eigenvalue weighted by Gasteiger charge is -2.45. The molecule has 1 saturated carbocycles. The molecule has 0 aliphatic heterocycles. The lowest BCUT2D eigenvalue weighted by molar-refractivity contribution is 0.442. The number of hydrogen-bond donors (Lipinski definition) is 0. The molecule has 9 aliphatic carbocycles. The van der Waals surface area contributed by atoms with Crippen molar-refractivity contribution >= 4 is 104 Å². The summed E-state index contributed by atoms with van der Waals surface area (Å²) in [7, 11) is 0. The molecular formula is C45H24. The zero-order valence-corrected chi connectivity index (χ0v) is 24.7. The number of rotatable bonds is 0. The Hall–Kier alpha value is -4.42. The minimum atomic E-state index is 0.511. The largest absolute Gasteiger partial charge is 0.0766 e. The second kappa shape index (κ2) is 5.39. The highest BCUT2D eigenvalue weighted by Crippen LogP contribution is 2.68. The lowest BCUT2D eigenvalue weighted by Crippen LogP contribution is -2.37. The van der Waals surface area contributed by atoms with Crippen LogP contribution in [0.1, 0.15) is 76.5 Å². The van der Waals surface area contributed by atoms with Gasteiger partial charge >= 0.3 is 0 Å². The van der Waals surface area contributed by atoms with Gasteiger partial charge in [-0.05, 0) is 203 Å². The molecule has 0 heterocycles. The van der Waals surface area contributed by atoms with Crippen molar-refractivity contribution in [2.24, 2.45) is 17.8 Å². The van der Waals surface area contributed by atoms with Gasteiger partial charge in [-0.1, -0.05) is 36.4 Å². The average molecular weight is 565 g/mol. The summed E-state index contributed by atoms with van der Waals surface area (Å²) in [6.45, 7) is 0. The molecule has 8 aromatic carbocycles. The van der Waals surface area contributed by atoms with E-state index in [2.05, 4.69) is 42.5 Å². The summed E-state index contributed by atoms with van der Waals surface area (Å²) in [5, 5.41) is 28.3. The third kappa shape index (κ3) is 1.54. The molecule has 0 aromatic heterocycles. The number of allylic oxidation sites excluding steroid dienone is 4. The summed E-state index contributed by atoms with van der Waals surface area (Å²) in [6.07, 6.45) is 18.4. The molecule has 0 heteroatoms. The lowest BCUT2D eigenvalue weighted by atomic mass is 9.58. The van der Waals surface area contributed by atoms with Gasteiger partial charge in [0.25, 0.3) is 0 Å². The summed E-state index contributed by atoms with van der Waals surface area (Å²) in [6, 6.07) is 7.99. The Balaban J connectivity index is 1.39. The molecule has 5 unspecified atom stereocenters. The summed E-state index contributed by atoms with van der Waals surface area (Å²) >= 11 is 0. The van der Waals surface area contributed by atoms with E-state index in [-0.39, 0.29) is 0 Å². The smallest absolute Gasteiger partial charge is 0.0180 e. The van der Waals surface area contributed by atoms with Gasteiger partial charge in [0.05, 0.1) is 0 Å². The van der Waals surface area contributed by atoms with Gasteiger partial charge in [-0.15, -0.1) is 0 Å². The third-order valence-electron chi connectivity index (χ3n) is 15.5. The molecule has 0 bridgehead atoms. The van der Waals surface area contributed by atoms with Crippen LogP contribution in [0.3, 0.4) is 0 Å². The van der Waals surface area contributed by atoms with E-state index in [1.54, 1.807) is 136 Å². The van der Waals surface area contributed by atoms with Crippen molar-refractivity contribution in [3.05, 3.63) is 85.0 Å². The van der Waals surface area contributed by atoms with Crippen LogP contribution in [0.25, 0.3) is 104 Å². The predicted molar refractivity (Wildman–Crippen MR) is 186 cm³/mol. The minimum Gasteiger partial charge on any atom is -0.0766 e. The van der Waals surface area contributed by atoms with Crippen LogP contribution in [0.15, 0.2) is 30.4 Å². The van der Waals surface area contributed by atoms with Gasteiger partial charge in [0.1, 0.15) is 0 Å². The molecule has 0 amide bonds. The molecule has 1 fully saturated rings. The standard InChI is InChI=1S/C45H24/c1-3-16-8-20-9-17-5-6-18-10-21-12-23-13-22-11-19-4-2-15-7-14(1)24-27(16)36-32(20)37-29(17)26(18)35-30(21)31(23)39-33(22)38-28(19)25(15)34(24)40-42(36)44(37)41(35)45(39)43(38)40/h5,7-11,13,15,18-19,25-26H,1-4,6,12H2. The van der Waals surface area contributed by atoms with Crippen molar-refractivity contribution in [3.63, 3.8) is 0 Å².